The first kappa shape index (κ1) is 23.9. The van der Waals surface area contributed by atoms with E-state index in [4.69, 9.17) is 0 Å². The van der Waals surface area contributed by atoms with Crippen LogP contribution in [0.3, 0.4) is 0 Å². The molecule has 0 saturated carbocycles. The molecule has 0 fully saturated rings. The van der Waals surface area contributed by atoms with Crippen LogP contribution in [0.4, 0.5) is 11.4 Å². The summed E-state index contributed by atoms with van der Waals surface area (Å²) >= 11 is 1.56. The molecule has 5 nitrogen and oxygen atoms in total. The molecular formula is C25H28N2O3S2. The van der Waals surface area contributed by atoms with Gasteiger partial charge in [-0.1, -0.05) is 17.7 Å². The molecule has 0 unspecified atom stereocenters. The van der Waals surface area contributed by atoms with Crippen molar-refractivity contribution in [2.75, 3.05) is 22.4 Å². The van der Waals surface area contributed by atoms with E-state index in [1.165, 1.54) is 4.31 Å². The highest BCUT2D eigenvalue weighted by Crippen LogP contribution is 2.27. The first-order chi connectivity index (χ1) is 15.2. The van der Waals surface area contributed by atoms with Crippen LogP contribution in [0, 0.1) is 20.8 Å². The van der Waals surface area contributed by atoms with Gasteiger partial charge in [-0.15, -0.1) is 11.8 Å². The summed E-state index contributed by atoms with van der Waals surface area (Å²) in [5.41, 5.74) is 4.93. The van der Waals surface area contributed by atoms with E-state index in [1.807, 2.05) is 39.2 Å². The highest BCUT2D eigenvalue weighted by atomic mass is 32.2. The molecule has 0 saturated heterocycles. The Hall–Kier alpha value is -2.77. The number of aryl methyl sites for hydroxylation is 3. The summed E-state index contributed by atoms with van der Waals surface area (Å²) in [5, 5.41) is 2.98. The molecule has 0 aromatic heterocycles. The molecule has 0 radical (unpaired) electrons. The highest BCUT2D eigenvalue weighted by Gasteiger charge is 2.24. The van der Waals surface area contributed by atoms with Crippen molar-refractivity contribution in [1.29, 1.82) is 0 Å². The molecule has 32 heavy (non-hydrogen) atoms. The zero-order chi connectivity index (χ0) is 23.5. The Kier molecular flexibility index (Phi) is 7.31. The molecule has 3 aromatic carbocycles. The smallest absolute Gasteiger partial charge is 0.264 e. The number of sulfonamides is 1. The number of nitrogens with one attached hydrogen (secondary N) is 1. The summed E-state index contributed by atoms with van der Waals surface area (Å²) in [4.78, 5) is 14.0. The molecule has 3 rings (SSSR count). The first-order valence-corrected chi connectivity index (χ1v) is 13.0. The fourth-order valence-electron chi connectivity index (χ4n) is 3.71. The topological polar surface area (TPSA) is 66.5 Å². The zero-order valence-corrected chi connectivity index (χ0v) is 20.6. The van der Waals surface area contributed by atoms with Gasteiger partial charge >= 0.3 is 0 Å². The van der Waals surface area contributed by atoms with Crippen molar-refractivity contribution in [2.45, 2.75) is 37.5 Å². The molecule has 1 N–H and O–H groups in total. The maximum absolute atomic E-state index is 13.2. The summed E-state index contributed by atoms with van der Waals surface area (Å²) in [6.07, 6.45) is 1.95. The van der Waals surface area contributed by atoms with E-state index >= 15 is 0 Å². The lowest BCUT2D eigenvalue weighted by Gasteiger charge is -2.23. The van der Waals surface area contributed by atoms with Gasteiger partial charge in [-0.05, 0) is 93.6 Å². The van der Waals surface area contributed by atoms with Crippen molar-refractivity contribution in [3.8, 4) is 0 Å². The molecule has 0 atom stereocenters. The van der Waals surface area contributed by atoms with Crippen molar-refractivity contribution in [3.05, 3.63) is 82.9 Å². The number of hydrogen-bond acceptors (Lipinski definition) is 4. The molecule has 0 aliphatic rings. The van der Waals surface area contributed by atoms with Gasteiger partial charge < -0.3 is 5.32 Å². The van der Waals surface area contributed by atoms with Gasteiger partial charge in [0.05, 0.1) is 10.6 Å². The van der Waals surface area contributed by atoms with Gasteiger partial charge in [0.1, 0.15) is 0 Å². The Morgan fingerprint density at radius 2 is 1.50 bits per heavy atom. The fourth-order valence-corrected chi connectivity index (χ4v) is 5.59. The van der Waals surface area contributed by atoms with Gasteiger partial charge in [0.25, 0.3) is 15.9 Å². The Morgan fingerprint density at radius 3 is 2.00 bits per heavy atom. The number of amides is 1. The summed E-state index contributed by atoms with van der Waals surface area (Å²) in [7, 11) is -3.70. The Morgan fingerprint density at radius 1 is 0.938 bits per heavy atom. The summed E-state index contributed by atoms with van der Waals surface area (Å²) in [5.74, 6) is -0.231. The van der Waals surface area contributed by atoms with E-state index in [0.717, 1.165) is 27.3 Å². The Bertz CT molecular complexity index is 1200. The molecule has 1 amide bonds. The van der Waals surface area contributed by atoms with Crippen LogP contribution in [-0.4, -0.2) is 27.1 Å². The second kappa shape index (κ2) is 9.79. The standard InChI is InChI=1S/C25H28N2O3S2/c1-6-27(32(29,30)23-13-11-22(31-5)12-14-23)21-9-7-20(8-10-21)25(28)26-24-18(3)15-17(2)16-19(24)4/h7-16H,6H2,1-5H3,(H,26,28). The lowest BCUT2D eigenvalue weighted by molar-refractivity contribution is 0.102. The number of thioether (sulfide) groups is 1. The average Bonchev–Trinajstić information content (AvgIpc) is 2.77. The highest BCUT2D eigenvalue weighted by molar-refractivity contribution is 7.98. The van der Waals surface area contributed by atoms with E-state index in [0.29, 0.717) is 11.3 Å². The molecule has 0 aliphatic heterocycles. The van der Waals surface area contributed by atoms with E-state index < -0.39 is 10.0 Å². The molecule has 7 heteroatoms. The number of carbonyl (C=O) groups is 1. The monoisotopic (exact) mass is 468 g/mol. The van der Waals surface area contributed by atoms with E-state index in [1.54, 1.807) is 67.2 Å². The minimum Gasteiger partial charge on any atom is -0.322 e. The van der Waals surface area contributed by atoms with Crippen LogP contribution < -0.4 is 9.62 Å². The average molecular weight is 469 g/mol. The lowest BCUT2D eigenvalue weighted by atomic mass is 10.0. The maximum Gasteiger partial charge on any atom is 0.264 e. The predicted molar refractivity (Wildman–Crippen MR) is 133 cm³/mol. The fraction of sp³-hybridized carbons (Fsp3) is 0.240. The second-order valence-corrected chi connectivity index (χ2v) is 10.4. The third-order valence-electron chi connectivity index (χ3n) is 5.27. The molecule has 0 bridgehead atoms. The van der Waals surface area contributed by atoms with Crippen LogP contribution >= 0.6 is 11.8 Å². The van der Waals surface area contributed by atoms with E-state index in [9.17, 15) is 13.2 Å². The molecule has 3 aromatic rings. The predicted octanol–water partition coefficient (Wildman–Crippen LogP) is 5.80. The normalized spacial score (nSPS) is 11.3. The van der Waals surface area contributed by atoms with Gasteiger partial charge in [0.15, 0.2) is 0 Å². The van der Waals surface area contributed by atoms with Gasteiger partial charge in [-0.2, -0.15) is 0 Å². The van der Waals surface area contributed by atoms with Gasteiger partial charge in [0, 0.05) is 22.7 Å². The molecule has 0 heterocycles. The van der Waals surface area contributed by atoms with Gasteiger partial charge in [-0.25, -0.2) is 8.42 Å². The first-order valence-electron chi connectivity index (χ1n) is 10.3. The number of benzene rings is 3. The van der Waals surface area contributed by atoms with Crippen molar-refractivity contribution in [1.82, 2.24) is 0 Å². The molecule has 0 aliphatic carbocycles. The van der Waals surface area contributed by atoms with Gasteiger partial charge in [0.2, 0.25) is 0 Å². The number of anilines is 2. The number of rotatable bonds is 7. The van der Waals surface area contributed by atoms with Crippen LogP contribution in [0.2, 0.25) is 0 Å². The third-order valence-corrected chi connectivity index (χ3v) is 7.93. The SMILES string of the molecule is CCN(c1ccc(C(=O)Nc2c(C)cc(C)cc2C)cc1)S(=O)(=O)c1ccc(SC)cc1. The van der Waals surface area contributed by atoms with Crippen LogP contribution in [0.1, 0.15) is 34.0 Å². The third kappa shape index (κ3) is 5.00. The van der Waals surface area contributed by atoms with Crippen LogP contribution in [0.15, 0.2) is 70.5 Å². The van der Waals surface area contributed by atoms with Crippen molar-refractivity contribution in [2.24, 2.45) is 0 Å². The summed E-state index contributed by atoms with van der Waals surface area (Å²) < 4.78 is 27.7. The minimum absolute atomic E-state index is 0.231. The van der Waals surface area contributed by atoms with Crippen LogP contribution in [0.25, 0.3) is 0 Å². The Balaban J connectivity index is 1.83. The number of nitrogens with zero attached hydrogens (tertiary/aromatic N) is 1. The molecular weight excluding hydrogens is 440 g/mol. The van der Waals surface area contributed by atoms with E-state index in [-0.39, 0.29) is 17.3 Å². The summed E-state index contributed by atoms with van der Waals surface area (Å²) in [6.45, 7) is 8.02. The maximum atomic E-state index is 13.2. The van der Waals surface area contributed by atoms with Crippen LogP contribution in [-0.2, 0) is 10.0 Å². The number of carbonyl (C=O) groups excluding carboxylic acids is 1. The van der Waals surface area contributed by atoms with E-state index in [2.05, 4.69) is 5.32 Å². The minimum atomic E-state index is -3.70. The second-order valence-electron chi connectivity index (χ2n) is 7.62. The van der Waals surface area contributed by atoms with Crippen LogP contribution in [0.5, 0.6) is 0 Å². The lowest BCUT2D eigenvalue weighted by Crippen LogP contribution is -2.30. The van der Waals surface area contributed by atoms with Crippen molar-refractivity contribution in [3.63, 3.8) is 0 Å². The Labute approximate surface area is 194 Å². The molecule has 0 spiro atoms. The quantitative estimate of drug-likeness (QED) is 0.445. The van der Waals surface area contributed by atoms with Crippen molar-refractivity contribution >= 4 is 39.1 Å². The zero-order valence-electron chi connectivity index (χ0n) is 19.0. The molecule has 168 valence electrons. The summed E-state index contributed by atoms with van der Waals surface area (Å²) in [6, 6.07) is 17.5. The largest absolute Gasteiger partial charge is 0.322 e. The number of hydrogen-bond donors (Lipinski definition) is 1. The van der Waals surface area contributed by atoms with Crippen molar-refractivity contribution < 1.29 is 13.2 Å². The van der Waals surface area contributed by atoms with Gasteiger partial charge in [-0.3, -0.25) is 9.10 Å².